The third-order valence-corrected chi connectivity index (χ3v) is 4.34. The highest BCUT2D eigenvalue weighted by Gasteiger charge is 2.30. The summed E-state index contributed by atoms with van der Waals surface area (Å²) in [5.41, 5.74) is 0.601. The largest absolute Gasteiger partial charge is 0.497 e. The summed E-state index contributed by atoms with van der Waals surface area (Å²) in [6.07, 6.45) is 0. The van der Waals surface area contributed by atoms with Crippen molar-refractivity contribution in [2.24, 2.45) is 0 Å². The second-order valence-corrected chi connectivity index (χ2v) is 5.73. The summed E-state index contributed by atoms with van der Waals surface area (Å²) in [6, 6.07) is 15.2. The zero-order chi connectivity index (χ0) is 13.9. The van der Waals surface area contributed by atoms with Gasteiger partial charge in [0.25, 0.3) is 0 Å². The molecule has 0 aliphatic carbocycles. The summed E-state index contributed by atoms with van der Waals surface area (Å²) in [6.45, 7) is 0.401. The van der Waals surface area contributed by atoms with Crippen molar-refractivity contribution < 1.29 is 14.3 Å². The number of thioether (sulfide) groups is 1. The van der Waals surface area contributed by atoms with Gasteiger partial charge >= 0.3 is 0 Å². The van der Waals surface area contributed by atoms with Gasteiger partial charge in [-0.25, -0.2) is 0 Å². The zero-order valence-electron chi connectivity index (χ0n) is 11.0. The van der Waals surface area contributed by atoms with E-state index >= 15 is 0 Å². The van der Waals surface area contributed by atoms with Gasteiger partial charge in [-0.05, 0) is 30.3 Å². The Morgan fingerprint density at radius 1 is 1.20 bits per heavy atom. The number of methoxy groups -OCH3 is 1. The molecule has 1 heterocycles. The number of fused-ring (bicyclic) bond motifs is 1. The highest BCUT2D eigenvalue weighted by molar-refractivity contribution is 8.00. The first-order valence-corrected chi connectivity index (χ1v) is 7.22. The van der Waals surface area contributed by atoms with Crippen molar-refractivity contribution in [3.05, 3.63) is 54.1 Å². The van der Waals surface area contributed by atoms with Gasteiger partial charge in [0, 0.05) is 4.90 Å². The predicted molar refractivity (Wildman–Crippen MR) is 78.9 cm³/mol. The van der Waals surface area contributed by atoms with E-state index in [0.29, 0.717) is 23.7 Å². The molecule has 1 aliphatic heterocycles. The molecule has 0 saturated carbocycles. The molecule has 0 N–H and O–H groups in total. The Morgan fingerprint density at radius 3 is 2.75 bits per heavy atom. The molecule has 0 spiro atoms. The van der Waals surface area contributed by atoms with Crippen molar-refractivity contribution in [1.29, 1.82) is 0 Å². The number of carbonyl (C=O) groups excluding carboxylic acids is 1. The number of benzene rings is 2. The quantitative estimate of drug-likeness (QED) is 0.866. The first-order chi connectivity index (χ1) is 9.78. The van der Waals surface area contributed by atoms with E-state index in [1.165, 1.54) is 11.8 Å². The van der Waals surface area contributed by atoms with Gasteiger partial charge < -0.3 is 9.47 Å². The molecule has 0 saturated heterocycles. The first-order valence-electron chi connectivity index (χ1n) is 6.34. The SMILES string of the molecule is COc1ccc2c(c1)C(=O)C(Sc1ccccc1)CO2. The minimum Gasteiger partial charge on any atom is -0.497 e. The number of rotatable bonds is 3. The molecule has 3 nitrogen and oxygen atoms in total. The van der Waals surface area contributed by atoms with Gasteiger partial charge in [-0.1, -0.05) is 18.2 Å². The topological polar surface area (TPSA) is 35.5 Å². The predicted octanol–water partition coefficient (Wildman–Crippen LogP) is 3.43. The molecule has 0 fully saturated rings. The Balaban J connectivity index is 1.85. The van der Waals surface area contributed by atoms with Crippen LogP contribution in [-0.2, 0) is 0 Å². The molecule has 102 valence electrons. The van der Waals surface area contributed by atoms with E-state index in [1.54, 1.807) is 25.3 Å². The van der Waals surface area contributed by atoms with E-state index in [1.807, 2.05) is 30.3 Å². The third kappa shape index (κ3) is 2.51. The van der Waals surface area contributed by atoms with Gasteiger partial charge in [0.1, 0.15) is 23.4 Å². The number of hydrogen-bond acceptors (Lipinski definition) is 4. The van der Waals surface area contributed by atoms with Crippen LogP contribution >= 0.6 is 11.8 Å². The molecular formula is C16H14O3S. The average Bonchev–Trinajstić information content (AvgIpc) is 2.51. The summed E-state index contributed by atoms with van der Waals surface area (Å²) in [7, 11) is 1.59. The van der Waals surface area contributed by atoms with Crippen molar-refractivity contribution in [2.75, 3.05) is 13.7 Å². The molecule has 0 amide bonds. The molecule has 2 aromatic rings. The highest BCUT2D eigenvalue weighted by atomic mass is 32.2. The minimum absolute atomic E-state index is 0.0963. The standard InChI is InChI=1S/C16H14O3S/c1-18-11-7-8-14-13(9-11)16(17)15(10-19-14)20-12-5-3-2-4-6-12/h2-9,15H,10H2,1H3. The van der Waals surface area contributed by atoms with Crippen LogP contribution in [0.15, 0.2) is 53.4 Å². The Labute approximate surface area is 121 Å². The van der Waals surface area contributed by atoms with Gasteiger partial charge in [0.15, 0.2) is 5.78 Å². The maximum absolute atomic E-state index is 12.5. The lowest BCUT2D eigenvalue weighted by atomic mass is 10.0. The molecule has 1 unspecified atom stereocenters. The number of carbonyl (C=O) groups is 1. The van der Waals surface area contributed by atoms with Gasteiger partial charge in [-0.2, -0.15) is 0 Å². The molecule has 0 radical (unpaired) electrons. The first kappa shape index (κ1) is 13.1. The van der Waals surface area contributed by atoms with E-state index in [4.69, 9.17) is 9.47 Å². The van der Waals surface area contributed by atoms with Crippen LogP contribution < -0.4 is 9.47 Å². The van der Waals surface area contributed by atoms with Crippen molar-refractivity contribution in [2.45, 2.75) is 10.1 Å². The summed E-state index contributed by atoms with van der Waals surface area (Å²) >= 11 is 1.53. The van der Waals surface area contributed by atoms with Crippen molar-refractivity contribution in [3.8, 4) is 11.5 Å². The van der Waals surface area contributed by atoms with Crippen LogP contribution in [0, 0.1) is 0 Å². The maximum Gasteiger partial charge on any atom is 0.183 e. The maximum atomic E-state index is 12.5. The van der Waals surface area contributed by atoms with Crippen LogP contribution in [0.1, 0.15) is 10.4 Å². The summed E-state index contributed by atoms with van der Waals surface area (Å²) in [5.74, 6) is 1.41. The number of hydrogen-bond donors (Lipinski definition) is 0. The number of ketones is 1. The average molecular weight is 286 g/mol. The molecule has 20 heavy (non-hydrogen) atoms. The Hall–Kier alpha value is -1.94. The zero-order valence-corrected chi connectivity index (χ0v) is 11.9. The fourth-order valence-electron chi connectivity index (χ4n) is 2.12. The lowest BCUT2D eigenvalue weighted by Gasteiger charge is -2.24. The fourth-order valence-corrected chi connectivity index (χ4v) is 3.13. The van der Waals surface area contributed by atoms with Crippen LogP contribution in [0.25, 0.3) is 0 Å². The molecule has 1 aliphatic rings. The summed E-state index contributed by atoms with van der Waals surface area (Å²) in [5, 5.41) is -0.211. The molecule has 0 bridgehead atoms. The monoisotopic (exact) mass is 286 g/mol. The van der Waals surface area contributed by atoms with Gasteiger partial charge in [-0.3, -0.25) is 4.79 Å². The molecular weight excluding hydrogens is 272 g/mol. The van der Waals surface area contributed by atoms with Crippen LogP contribution in [0.4, 0.5) is 0 Å². The van der Waals surface area contributed by atoms with Crippen LogP contribution in [0.5, 0.6) is 11.5 Å². The van der Waals surface area contributed by atoms with Crippen LogP contribution in [0.2, 0.25) is 0 Å². The summed E-state index contributed by atoms with van der Waals surface area (Å²) < 4.78 is 10.8. The van der Waals surface area contributed by atoms with E-state index in [9.17, 15) is 4.79 Å². The lowest BCUT2D eigenvalue weighted by Crippen LogP contribution is -2.30. The molecule has 2 aromatic carbocycles. The van der Waals surface area contributed by atoms with E-state index in [2.05, 4.69) is 0 Å². The molecule has 1 atom stereocenters. The second kappa shape index (κ2) is 5.59. The number of Topliss-reactive ketones (excluding diaryl/α,β-unsaturated/α-hetero) is 1. The number of ether oxygens (including phenoxy) is 2. The van der Waals surface area contributed by atoms with Crippen molar-refractivity contribution in [3.63, 3.8) is 0 Å². The second-order valence-electron chi connectivity index (χ2n) is 4.46. The van der Waals surface area contributed by atoms with Crippen LogP contribution in [-0.4, -0.2) is 24.7 Å². The minimum atomic E-state index is -0.211. The molecule has 0 aromatic heterocycles. The van der Waals surface area contributed by atoms with E-state index < -0.39 is 0 Å². The van der Waals surface area contributed by atoms with Gasteiger partial charge in [0.2, 0.25) is 0 Å². The molecule has 3 rings (SSSR count). The van der Waals surface area contributed by atoms with Crippen LogP contribution in [0.3, 0.4) is 0 Å². The summed E-state index contributed by atoms with van der Waals surface area (Å²) in [4.78, 5) is 13.6. The van der Waals surface area contributed by atoms with Crippen molar-refractivity contribution >= 4 is 17.5 Å². The molecule has 4 heteroatoms. The van der Waals surface area contributed by atoms with Gasteiger partial charge in [-0.15, -0.1) is 11.8 Å². The lowest BCUT2D eigenvalue weighted by molar-refractivity contribution is 0.0942. The fraction of sp³-hybridized carbons (Fsp3) is 0.188. The van der Waals surface area contributed by atoms with E-state index in [-0.39, 0.29) is 11.0 Å². The smallest absolute Gasteiger partial charge is 0.183 e. The van der Waals surface area contributed by atoms with Gasteiger partial charge in [0.05, 0.1) is 12.7 Å². The Bertz CT molecular complexity index is 625. The Kier molecular flexibility index (Phi) is 3.65. The normalized spacial score (nSPS) is 17.2. The Morgan fingerprint density at radius 2 is 2.00 bits per heavy atom. The highest BCUT2D eigenvalue weighted by Crippen LogP contribution is 2.34. The van der Waals surface area contributed by atoms with E-state index in [0.717, 1.165) is 4.90 Å². The van der Waals surface area contributed by atoms with Crippen molar-refractivity contribution in [1.82, 2.24) is 0 Å². The third-order valence-electron chi connectivity index (χ3n) is 3.16.